The maximum atomic E-state index is 13.4. The van der Waals surface area contributed by atoms with Crippen LogP contribution >= 0.6 is 11.3 Å². The number of carbonyl (C=O) groups excluding carboxylic acids is 3. The van der Waals surface area contributed by atoms with Crippen molar-refractivity contribution in [3.8, 4) is 0 Å². The third-order valence-corrected chi connectivity index (χ3v) is 8.12. The first-order chi connectivity index (χ1) is 18.3. The lowest BCUT2D eigenvalue weighted by molar-refractivity contribution is -0.126. The second-order valence-corrected chi connectivity index (χ2v) is 11.3. The summed E-state index contributed by atoms with van der Waals surface area (Å²) in [5.41, 5.74) is 3.35. The maximum absolute atomic E-state index is 13.4. The van der Waals surface area contributed by atoms with Crippen LogP contribution in [0.2, 0.25) is 0 Å². The van der Waals surface area contributed by atoms with Crippen LogP contribution in [0.1, 0.15) is 48.7 Å². The zero-order valence-electron chi connectivity index (χ0n) is 22.8. The Balaban J connectivity index is 1.41. The molecule has 3 amide bonds. The van der Waals surface area contributed by atoms with Crippen LogP contribution < -0.4 is 15.5 Å². The number of anilines is 1. The molecule has 0 spiro atoms. The van der Waals surface area contributed by atoms with Crippen LogP contribution in [0, 0.1) is 12.8 Å². The molecule has 4 rings (SSSR count). The van der Waals surface area contributed by atoms with E-state index in [0.717, 1.165) is 53.7 Å². The van der Waals surface area contributed by atoms with Crippen LogP contribution in [-0.2, 0) is 16.1 Å². The van der Waals surface area contributed by atoms with Crippen molar-refractivity contribution in [2.45, 2.75) is 52.1 Å². The first kappa shape index (κ1) is 27.9. The van der Waals surface area contributed by atoms with Gasteiger partial charge in [0.2, 0.25) is 11.8 Å². The number of benzene rings is 1. The number of thiophene rings is 1. The fraction of sp³-hybridized carbons (Fsp3) is 0.483. The van der Waals surface area contributed by atoms with Crippen molar-refractivity contribution in [3.63, 3.8) is 0 Å². The number of fused-ring (bicyclic) bond motifs is 1. The monoisotopic (exact) mass is 537 g/mol. The number of carbonyl (C=O) groups is 3. The summed E-state index contributed by atoms with van der Waals surface area (Å²) >= 11 is 1.56. The molecule has 9 heteroatoms. The minimum Gasteiger partial charge on any atom is -0.355 e. The molecule has 2 N–H and O–H groups in total. The van der Waals surface area contributed by atoms with E-state index in [-0.39, 0.29) is 36.2 Å². The molecule has 2 heterocycles. The van der Waals surface area contributed by atoms with E-state index in [2.05, 4.69) is 10.6 Å². The van der Waals surface area contributed by atoms with Crippen LogP contribution in [0.3, 0.4) is 0 Å². The Labute approximate surface area is 229 Å². The molecule has 204 valence electrons. The number of nitrogens with one attached hydrogen (secondary N) is 2. The van der Waals surface area contributed by atoms with Gasteiger partial charge in [-0.1, -0.05) is 12.1 Å². The molecular weight excluding hydrogens is 498 g/mol. The molecule has 1 aliphatic rings. The minimum atomic E-state index is -0.168. The van der Waals surface area contributed by atoms with Gasteiger partial charge in [0.05, 0.1) is 10.2 Å². The van der Waals surface area contributed by atoms with Crippen LogP contribution in [0.15, 0.2) is 41.8 Å². The molecule has 0 radical (unpaired) electrons. The average molecular weight is 538 g/mol. The highest BCUT2D eigenvalue weighted by Crippen LogP contribution is 2.28. The van der Waals surface area contributed by atoms with Crippen LogP contribution in [0.5, 0.6) is 0 Å². The van der Waals surface area contributed by atoms with Gasteiger partial charge in [-0.25, -0.2) is 0 Å². The molecule has 1 aromatic carbocycles. The van der Waals surface area contributed by atoms with E-state index < -0.39 is 0 Å². The van der Waals surface area contributed by atoms with Crippen molar-refractivity contribution in [2.75, 3.05) is 38.6 Å². The Morgan fingerprint density at radius 1 is 1.08 bits per heavy atom. The largest absolute Gasteiger partial charge is 0.355 e. The number of aromatic nitrogens is 1. The fourth-order valence-corrected chi connectivity index (χ4v) is 5.98. The lowest BCUT2D eigenvalue weighted by atomic mass is 9.85. The van der Waals surface area contributed by atoms with Gasteiger partial charge in [-0.2, -0.15) is 0 Å². The van der Waals surface area contributed by atoms with Gasteiger partial charge in [-0.3, -0.25) is 14.4 Å². The molecule has 0 atom stereocenters. The van der Waals surface area contributed by atoms with Crippen molar-refractivity contribution >= 4 is 45.0 Å². The number of aryl methyl sites for hydroxylation is 1. The van der Waals surface area contributed by atoms with Gasteiger partial charge in [0.25, 0.3) is 5.91 Å². The zero-order valence-corrected chi connectivity index (χ0v) is 23.6. The Hall–Kier alpha value is -3.17. The van der Waals surface area contributed by atoms with Gasteiger partial charge in [-0.05, 0) is 88.8 Å². The SMILES string of the molecule is CCN(C(=O)Cn1c(C(=O)NC2CCC(C(=O)NCCN(C)C)CC2)cc2sccc21)c1cccc(C)c1. The summed E-state index contributed by atoms with van der Waals surface area (Å²) in [6.07, 6.45) is 3.05. The highest BCUT2D eigenvalue weighted by Gasteiger charge is 2.28. The second-order valence-electron chi connectivity index (χ2n) is 10.4. The molecule has 3 aromatic rings. The van der Waals surface area contributed by atoms with Gasteiger partial charge in [0, 0.05) is 37.3 Å². The van der Waals surface area contributed by atoms with E-state index in [1.807, 2.05) is 79.2 Å². The normalized spacial score (nSPS) is 17.5. The summed E-state index contributed by atoms with van der Waals surface area (Å²) in [6.45, 7) is 6.07. The lowest BCUT2D eigenvalue weighted by Crippen LogP contribution is -2.42. The second kappa shape index (κ2) is 12.6. The van der Waals surface area contributed by atoms with E-state index in [1.165, 1.54) is 0 Å². The number of amides is 3. The smallest absolute Gasteiger partial charge is 0.268 e. The first-order valence-corrected chi connectivity index (χ1v) is 14.3. The summed E-state index contributed by atoms with van der Waals surface area (Å²) in [7, 11) is 3.97. The molecule has 0 bridgehead atoms. The number of rotatable bonds is 10. The average Bonchev–Trinajstić information content (AvgIpc) is 3.47. The highest BCUT2D eigenvalue weighted by molar-refractivity contribution is 7.17. The first-order valence-electron chi connectivity index (χ1n) is 13.4. The summed E-state index contributed by atoms with van der Waals surface area (Å²) in [6, 6.07) is 11.8. The molecule has 1 saturated carbocycles. The van der Waals surface area contributed by atoms with Crippen LogP contribution in [0.25, 0.3) is 10.2 Å². The van der Waals surface area contributed by atoms with E-state index in [4.69, 9.17) is 0 Å². The van der Waals surface area contributed by atoms with Gasteiger partial charge >= 0.3 is 0 Å². The number of hydrogen-bond donors (Lipinski definition) is 2. The highest BCUT2D eigenvalue weighted by atomic mass is 32.1. The molecular formula is C29H39N5O3S. The zero-order chi connectivity index (χ0) is 27.2. The van der Waals surface area contributed by atoms with Crippen molar-refractivity contribution in [1.82, 2.24) is 20.1 Å². The summed E-state index contributed by atoms with van der Waals surface area (Å²) < 4.78 is 2.82. The fourth-order valence-electron chi connectivity index (χ4n) is 5.16. The van der Waals surface area contributed by atoms with Crippen LogP contribution in [-0.4, -0.2) is 67.0 Å². The van der Waals surface area contributed by atoms with Crippen molar-refractivity contribution in [1.29, 1.82) is 0 Å². The summed E-state index contributed by atoms with van der Waals surface area (Å²) in [5.74, 6) is -0.118. The topological polar surface area (TPSA) is 86.7 Å². The van der Waals surface area contributed by atoms with E-state index in [1.54, 1.807) is 16.2 Å². The van der Waals surface area contributed by atoms with Crippen molar-refractivity contribution in [2.24, 2.45) is 5.92 Å². The summed E-state index contributed by atoms with van der Waals surface area (Å²) in [5, 5.41) is 8.19. The van der Waals surface area contributed by atoms with Crippen molar-refractivity contribution < 1.29 is 14.4 Å². The molecule has 8 nitrogen and oxygen atoms in total. The Morgan fingerprint density at radius 2 is 1.84 bits per heavy atom. The van der Waals surface area contributed by atoms with E-state index >= 15 is 0 Å². The third kappa shape index (κ3) is 6.63. The van der Waals surface area contributed by atoms with E-state index in [9.17, 15) is 14.4 Å². The molecule has 0 unspecified atom stereocenters. The maximum Gasteiger partial charge on any atom is 0.268 e. The molecule has 38 heavy (non-hydrogen) atoms. The van der Waals surface area contributed by atoms with Gasteiger partial charge in [-0.15, -0.1) is 11.3 Å². The Bertz CT molecular complexity index is 1270. The predicted octanol–water partition coefficient (Wildman–Crippen LogP) is 4.03. The van der Waals surface area contributed by atoms with Gasteiger partial charge in [0.15, 0.2) is 0 Å². The standard InChI is InChI=1S/C29H39N5O3S/c1-5-33(23-8-6-7-20(2)17-23)27(35)19-34-24-13-16-38-26(24)18-25(34)29(37)31-22-11-9-21(10-12-22)28(36)30-14-15-32(3)4/h6-8,13,16-18,21-22H,5,9-12,14-15,19H2,1-4H3,(H,30,36)(H,31,37). The lowest BCUT2D eigenvalue weighted by Gasteiger charge is -2.28. The molecule has 1 aliphatic carbocycles. The predicted molar refractivity (Wildman–Crippen MR) is 154 cm³/mol. The van der Waals surface area contributed by atoms with Crippen molar-refractivity contribution in [3.05, 3.63) is 53.0 Å². The third-order valence-electron chi connectivity index (χ3n) is 7.27. The number of nitrogens with zero attached hydrogens (tertiary/aromatic N) is 3. The minimum absolute atomic E-state index is 0.00112. The molecule has 2 aromatic heterocycles. The molecule has 0 saturated heterocycles. The summed E-state index contributed by atoms with van der Waals surface area (Å²) in [4.78, 5) is 43.2. The van der Waals surface area contributed by atoms with Crippen LogP contribution in [0.4, 0.5) is 5.69 Å². The quantitative estimate of drug-likeness (QED) is 0.409. The molecule has 1 fully saturated rings. The number of likely N-dealkylation sites (N-methyl/N-ethyl adjacent to an activating group) is 2. The Kier molecular flexibility index (Phi) is 9.22. The van der Waals surface area contributed by atoms with Gasteiger partial charge < -0.3 is 25.0 Å². The van der Waals surface area contributed by atoms with Gasteiger partial charge in [0.1, 0.15) is 12.2 Å². The van der Waals surface area contributed by atoms with E-state index in [0.29, 0.717) is 18.8 Å². The Morgan fingerprint density at radius 3 is 2.53 bits per heavy atom. The molecule has 0 aliphatic heterocycles. The number of hydrogen-bond acceptors (Lipinski definition) is 5.